The smallest absolute Gasteiger partial charge is 0.161 e. The fourth-order valence-electron chi connectivity index (χ4n) is 3.35. The minimum Gasteiger partial charge on any atom is -0.486 e. The summed E-state index contributed by atoms with van der Waals surface area (Å²) in [7, 11) is 0. The first-order chi connectivity index (χ1) is 10.1. The summed E-state index contributed by atoms with van der Waals surface area (Å²) in [6.07, 6.45) is 2.26. The zero-order chi connectivity index (χ0) is 14.9. The molecule has 21 heavy (non-hydrogen) atoms. The molecule has 4 nitrogen and oxygen atoms in total. The summed E-state index contributed by atoms with van der Waals surface area (Å²) in [5, 5.41) is 9.53. The quantitative estimate of drug-likeness (QED) is 0.838. The lowest BCUT2D eigenvalue weighted by Crippen LogP contribution is -2.48. The minimum absolute atomic E-state index is 0.0283. The van der Waals surface area contributed by atoms with Crippen LogP contribution in [0.4, 0.5) is 0 Å². The number of nitrogens with zero attached hydrogens (tertiary/aromatic N) is 2. The van der Waals surface area contributed by atoms with E-state index in [1.54, 1.807) is 0 Å². The Hall–Kier alpha value is -1.73. The normalized spacial score (nSPS) is 24.3. The molecule has 0 N–H and O–H groups in total. The summed E-state index contributed by atoms with van der Waals surface area (Å²) in [4.78, 5) is 2.29. The van der Waals surface area contributed by atoms with Crippen LogP contribution >= 0.6 is 0 Å². The standard InChI is InChI=1S/C17H22N2O2/c1-17(2)6-3-7-19(16(17)11-18)12-13-4-5-14-15(10-13)21-9-8-20-14/h4-5,10,16H,3,6-9,12H2,1-2H3. The first-order valence-corrected chi connectivity index (χ1v) is 7.62. The Morgan fingerprint density at radius 1 is 1.29 bits per heavy atom. The maximum absolute atomic E-state index is 9.53. The van der Waals surface area contributed by atoms with E-state index < -0.39 is 0 Å². The largest absolute Gasteiger partial charge is 0.486 e. The van der Waals surface area contributed by atoms with Gasteiger partial charge in [0.1, 0.15) is 19.3 Å². The van der Waals surface area contributed by atoms with E-state index in [2.05, 4.69) is 30.9 Å². The van der Waals surface area contributed by atoms with Crippen molar-refractivity contribution in [2.75, 3.05) is 19.8 Å². The van der Waals surface area contributed by atoms with E-state index in [4.69, 9.17) is 9.47 Å². The molecular weight excluding hydrogens is 264 g/mol. The third-order valence-electron chi connectivity index (χ3n) is 4.49. The van der Waals surface area contributed by atoms with Crippen LogP contribution < -0.4 is 9.47 Å². The maximum atomic E-state index is 9.53. The second kappa shape index (κ2) is 5.57. The molecule has 0 amide bonds. The zero-order valence-electron chi connectivity index (χ0n) is 12.8. The molecule has 0 bridgehead atoms. The molecule has 112 valence electrons. The summed E-state index contributed by atoms with van der Waals surface area (Å²) < 4.78 is 11.2. The van der Waals surface area contributed by atoms with Crippen LogP contribution in [0.3, 0.4) is 0 Å². The van der Waals surface area contributed by atoms with Gasteiger partial charge in [-0.05, 0) is 42.5 Å². The highest BCUT2D eigenvalue weighted by molar-refractivity contribution is 5.43. The van der Waals surface area contributed by atoms with Crippen LogP contribution in [0.1, 0.15) is 32.3 Å². The lowest BCUT2D eigenvalue weighted by atomic mass is 9.77. The van der Waals surface area contributed by atoms with E-state index in [9.17, 15) is 5.26 Å². The Labute approximate surface area is 126 Å². The zero-order valence-corrected chi connectivity index (χ0v) is 12.8. The van der Waals surface area contributed by atoms with Crippen molar-refractivity contribution in [3.05, 3.63) is 23.8 Å². The Morgan fingerprint density at radius 2 is 2.05 bits per heavy atom. The third-order valence-corrected chi connectivity index (χ3v) is 4.49. The highest BCUT2D eigenvalue weighted by atomic mass is 16.6. The fraction of sp³-hybridized carbons (Fsp3) is 0.588. The van der Waals surface area contributed by atoms with Gasteiger partial charge in [0.25, 0.3) is 0 Å². The van der Waals surface area contributed by atoms with Gasteiger partial charge in [-0.15, -0.1) is 0 Å². The highest BCUT2D eigenvalue weighted by Crippen LogP contribution is 2.36. The lowest BCUT2D eigenvalue weighted by molar-refractivity contribution is 0.0660. The molecule has 2 aliphatic heterocycles. The first kappa shape index (κ1) is 14.2. The van der Waals surface area contributed by atoms with Crippen molar-refractivity contribution < 1.29 is 9.47 Å². The molecule has 1 saturated heterocycles. The molecule has 1 unspecified atom stereocenters. The van der Waals surface area contributed by atoms with Gasteiger partial charge in [0.2, 0.25) is 0 Å². The average Bonchev–Trinajstić information content (AvgIpc) is 2.46. The average molecular weight is 286 g/mol. The summed E-state index contributed by atoms with van der Waals surface area (Å²) in [6, 6.07) is 8.56. The molecule has 2 heterocycles. The van der Waals surface area contributed by atoms with Crippen LogP contribution in [-0.2, 0) is 6.54 Å². The van der Waals surface area contributed by atoms with Gasteiger partial charge in [-0.1, -0.05) is 19.9 Å². The van der Waals surface area contributed by atoms with Gasteiger partial charge >= 0.3 is 0 Å². The van der Waals surface area contributed by atoms with Gasteiger partial charge in [-0.25, -0.2) is 0 Å². The number of hydrogen-bond donors (Lipinski definition) is 0. The van der Waals surface area contributed by atoms with Crippen molar-refractivity contribution in [2.45, 2.75) is 39.3 Å². The van der Waals surface area contributed by atoms with Crippen LogP contribution in [0.25, 0.3) is 0 Å². The molecule has 0 radical (unpaired) electrons. The highest BCUT2D eigenvalue weighted by Gasteiger charge is 2.37. The Balaban J connectivity index is 1.78. The number of piperidine rings is 1. The predicted octanol–water partition coefficient (Wildman–Crippen LogP) is 2.97. The summed E-state index contributed by atoms with van der Waals surface area (Å²) in [5.74, 6) is 1.64. The van der Waals surface area contributed by atoms with Crippen molar-refractivity contribution in [3.63, 3.8) is 0 Å². The Bertz CT molecular complexity index is 562. The molecule has 3 rings (SSSR count). The molecule has 1 atom stereocenters. The Morgan fingerprint density at radius 3 is 2.81 bits per heavy atom. The topological polar surface area (TPSA) is 45.5 Å². The van der Waals surface area contributed by atoms with Gasteiger partial charge in [-0.3, -0.25) is 4.90 Å². The molecule has 1 fully saturated rings. The monoisotopic (exact) mass is 286 g/mol. The number of nitriles is 1. The second-order valence-corrected chi connectivity index (χ2v) is 6.57. The molecule has 2 aliphatic rings. The number of rotatable bonds is 2. The van der Waals surface area contributed by atoms with Crippen molar-refractivity contribution in [1.29, 1.82) is 5.26 Å². The molecule has 0 aromatic heterocycles. The third kappa shape index (κ3) is 2.84. The molecule has 1 aromatic rings. The summed E-state index contributed by atoms with van der Waals surface area (Å²) in [5.41, 5.74) is 1.23. The first-order valence-electron chi connectivity index (χ1n) is 7.62. The van der Waals surface area contributed by atoms with E-state index in [0.29, 0.717) is 13.2 Å². The molecule has 0 spiro atoms. The van der Waals surface area contributed by atoms with Crippen LogP contribution in [0.5, 0.6) is 11.5 Å². The van der Waals surface area contributed by atoms with Crippen molar-refractivity contribution in [3.8, 4) is 17.6 Å². The SMILES string of the molecule is CC1(C)CCCN(Cc2ccc3c(c2)OCCO3)C1C#N. The van der Waals surface area contributed by atoms with E-state index in [1.807, 2.05) is 12.1 Å². The van der Waals surface area contributed by atoms with E-state index in [0.717, 1.165) is 37.4 Å². The number of ether oxygens (including phenoxy) is 2. The predicted molar refractivity (Wildman–Crippen MR) is 80.3 cm³/mol. The molecule has 0 saturated carbocycles. The van der Waals surface area contributed by atoms with Crippen LogP contribution in [-0.4, -0.2) is 30.7 Å². The van der Waals surface area contributed by atoms with Crippen LogP contribution in [0, 0.1) is 16.7 Å². The number of benzene rings is 1. The molecule has 0 aliphatic carbocycles. The van der Waals surface area contributed by atoms with Crippen LogP contribution in [0.2, 0.25) is 0 Å². The van der Waals surface area contributed by atoms with Crippen LogP contribution in [0.15, 0.2) is 18.2 Å². The number of fused-ring (bicyclic) bond motifs is 1. The van der Waals surface area contributed by atoms with E-state index in [-0.39, 0.29) is 11.5 Å². The van der Waals surface area contributed by atoms with Crippen molar-refractivity contribution in [1.82, 2.24) is 4.90 Å². The lowest BCUT2D eigenvalue weighted by Gasteiger charge is -2.42. The summed E-state index contributed by atoms with van der Waals surface area (Å²) >= 11 is 0. The fourth-order valence-corrected chi connectivity index (χ4v) is 3.35. The van der Waals surface area contributed by atoms with Crippen molar-refractivity contribution >= 4 is 0 Å². The van der Waals surface area contributed by atoms with Gasteiger partial charge in [0.15, 0.2) is 11.5 Å². The van der Waals surface area contributed by atoms with E-state index >= 15 is 0 Å². The Kier molecular flexibility index (Phi) is 3.77. The summed E-state index contributed by atoms with van der Waals surface area (Å²) in [6.45, 7) is 7.37. The number of hydrogen-bond acceptors (Lipinski definition) is 4. The van der Waals surface area contributed by atoms with Gasteiger partial charge in [0, 0.05) is 6.54 Å². The molecule has 4 heteroatoms. The molecule has 1 aromatic carbocycles. The van der Waals surface area contributed by atoms with E-state index in [1.165, 1.54) is 5.56 Å². The van der Waals surface area contributed by atoms with Gasteiger partial charge in [0.05, 0.1) is 6.07 Å². The van der Waals surface area contributed by atoms with Crippen molar-refractivity contribution in [2.24, 2.45) is 5.41 Å². The molecular formula is C17H22N2O2. The maximum Gasteiger partial charge on any atom is 0.161 e. The van der Waals surface area contributed by atoms with Gasteiger partial charge < -0.3 is 9.47 Å². The number of likely N-dealkylation sites (tertiary alicyclic amines) is 1. The second-order valence-electron chi connectivity index (χ2n) is 6.57. The minimum atomic E-state index is -0.0283. The van der Waals surface area contributed by atoms with Gasteiger partial charge in [-0.2, -0.15) is 5.26 Å².